The summed E-state index contributed by atoms with van der Waals surface area (Å²) in [5.41, 5.74) is 0.587. The quantitative estimate of drug-likeness (QED) is 0.452. The third-order valence-corrected chi connectivity index (χ3v) is 3.06. The van der Waals surface area contributed by atoms with E-state index in [-0.39, 0.29) is 0 Å². The first-order valence-electron chi connectivity index (χ1n) is 5.63. The molecular formula is C12H23NO. The molecule has 0 saturated heterocycles. The second-order valence-electron chi connectivity index (χ2n) is 4.35. The maximum Gasteiger partial charge on any atom is 0.0468 e. The van der Waals surface area contributed by atoms with Crippen LogP contribution in [0.15, 0.2) is 12.7 Å². The third kappa shape index (κ3) is 4.25. The van der Waals surface area contributed by atoms with Crippen LogP contribution in [0.2, 0.25) is 0 Å². The highest BCUT2D eigenvalue weighted by molar-refractivity contribution is 4.94. The molecule has 1 aliphatic carbocycles. The van der Waals surface area contributed by atoms with E-state index in [4.69, 9.17) is 4.74 Å². The molecule has 1 saturated carbocycles. The highest BCUT2D eigenvalue weighted by atomic mass is 16.5. The number of methoxy groups -OCH3 is 1. The number of nitrogens with one attached hydrogen (secondary N) is 1. The Kier molecular flexibility index (Phi) is 5.20. The maximum absolute atomic E-state index is 5.12. The van der Waals surface area contributed by atoms with Crippen LogP contribution in [0.25, 0.3) is 0 Å². The zero-order valence-corrected chi connectivity index (χ0v) is 9.35. The van der Waals surface area contributed by atoms with Gasteiger partial charge in [-0.1, -0.05) is 6.08 Å². The maximum atomic E-state index is 5.12. The van der Waals surface area contributed by atoms with Crippen molar-refractivity contribution in [3.63, 3.8) is 0 Å². The van der Waals surface area contributed by atoms with Gasteiger partial charge in [0.1, 0.15) is 0 Å². The van der Waals surface area contributed by atoms with Crippen molar-refractivity contribution in [1.82, 2.24) is 5.32 Å². The van der Waals surface area contributed by atoms with E-state index in [0.29, 0.717) is 5.41 Å². The van der Waals surface area contributed by atoms with Crippen molar-refractivity contribution < 1.29 is 4.74 Å². The molecule has 2 nitrogen and oxygen atoms in total. The number of allylic oxidation sites excluding steroid dienone is 1. The molecule has 0 aliphatic heterocycles. The van der Waals surface area contributed by atoms with Crippen molar-refractivity contribution in [2.75, 3.05) is 26.8 Å². The first kappa shape index (κ1) is 11.7. The minimum Gasteiger partial charge on any atom is -0.385 e. The number of hydrogen-bond donors (Lipinski definition) is 1. The SMILES string of the molecule is C=CCCCNCC1(CCOC)CC1. The molecule has 1 rings (SSSR count). The van der Waals surface area contributed by atoms with Gasteiger partial charge in [0, 0.05) is 20.3 Å². The molecule has 1 aliphatic rings. The zero-order valence-electron chi connectivity index (χ0n) is 9.35. The lowest BCUT2D eigenvalue weighted by molar-refractivity contribution is 0.171. The fourth-order valence-electron chi connectivity index (χ4n) is 1.74. The fourth-order valence-corrected chi connectivity index (χ4v) is 1.74. The van der Waals surface area contributed by atoms with Gasteiger partial charge in [0.05, 0.1) is 0 Å². The largest absolute Gasteiger partial charge is 0.385 e. The molecule has 2 heteroatoms. The summed E-state index contributed by atoms with van der Waals surface area (Å²) in [6, 6.07) is 0. The Morgan fingerprint density at radius 3 is 2.86 bits per heavy atom. The van der Waals surface area contributed by atoms with Crippen molar-refractivity contribution in [2.24, 2.45) is 5.41 Å². The zero-order chi connectivity index (χ0) is 10.3. The van der Waals surface area contributed by atoms with Gasteiger partial charge in [0.25, 0.3) is 0 Å². The van der Waals surface area contributed by atoms with Crippen LogP contribution in [0.5, 0.6) is 0 Å². The smallest absolute Gasteiger partial charge is 0.0468 e. The third-order valence-electron chi connectivity index (χ3n) is 3.06. The molecular weight excluding hydrogens is 174 g/mol. The Bertz CT molecular complexity index is 164. The molecule has 0 heterocycles. The van der Waals surface area contributed by atoms with Gasteiger partial charge in [-0.15, -0.1) is 6.58 Å². The van der Waals surface area contributed by atoms with Crippen LogP contribution in [-0.4, -0.2) is 26.8 Å². The van der Waals surface area contributed by atoms with Gasteiger partial charge in [-0.2, -0.15) is 0 Å². The summed E-state index contributed by atoms with van der Waals surface area (Å²) in [7, 11) is 1.79. The van der Waals surface area contributed by atoms with Crippen LogP contribution in [0.4, 0.5) is 0 Å². The predicted octanol–water partition coefficient (Wildman–Crippen LogP) is 2.36. The van der Waals surface area contributed by atoms with E-state index in [1.165, 1.54) is 32.2 Å². The van der Waals surface area contributed by atoms with Gasteiger partial charge in [-0.3, -0.25) is 0 Å². The molecule has 1 fully saturated rings. The van der Waals surface area contributed by atoms with E-state index < -0.39 is 0 Å². The molecule has 0 atom stereocenters. The molecule has 0 bridgehead atoms. The summed E-state index contributed by atoms with van der Waals surface area (Å²) < 4.78 is 5.12. The van der Waals surface area contributed by atoms with Crippen molar-refractivity contribution in [1.29, 1.82) is 0 Å². The molecule has 0 aromatic heterocycles. The normalized spacial score (nSPS) is 18.1. The van der Waals surface area contributed by atoms with Crippen LogP contribution >= 0.6 is 0 Å². The number of ether oxygens (including phenoxy) is 1. The van der Waals surface area contributed by atoms with E-state index in [1.807, 2.05) is 6.08 Å². The molecule has 0 unspecified atom stereocenters. The van der Waals surface area contributed by atoms with Gasteiger partial charge in [-0.05, 0) is 44.1 Å². The lowest BCUT2D eigenvalue weighted by Gasteiger charge is -2.15. The minimum atomic E-state index is 0.587. The van der Waals surface area contributed by atoms with Crippen molar-refractivity contribution >= 4 is 0 Å². The van der Waals surface area contributed by atoms with Gasteiger partial charge in [0.2, 0.25) is 0 Å². The van der Waals surface area contributed by atoms with Crippen molar-refractivity contribution in [3.8, 4) is 0 Å². The average molecular weight is 197 g/mol. The van der Waals surface area contributed by atoms with Crippen molar-refractivity contribution in [3.05, 3.63) is 12.7 Å². The highest BCUT2D eigenvalue weighted by Crippen LogP contribution is 2.48. The van der Waals surface area contributed by atoms with E-state index in [1.54, 1.807) is 7.11 Å². The van der Waals surface area contributed by atoms with E-state index in [2.05, 4.69) is 11.9 Å². The Hall–Kier alpha value is -0.340. The summed E-state index contributed by atoms with van der Waals surface area (Å²) in [5.74, 6) is 0. The Balaban J connectivity index is 1.97. The van der Waals surface area contributed by atoms with Crippen LogP contribution in [0.1, 0.15) is 32.1 Å². The molecule has 0 aromatic rings. The first-order valence-corrected chi connectivity index (χ1v) is 5.63. The van der Waals surface area contributed by atoms with Crippen LogP contribution in [-0.2, 0) is 4.74 Å². The first-order chi connectivity index (χ1) is 6.83. The highest BCUT2D eigenvalue weighted by Gasteiger charge is 2.41. The number of unbranched alkanes of at least 4 members (excludes halogenated alkanes) is 1. The second kappa shape index (κ2) is 6.20. The second-order valence-corrected chi connectivity index (χ2v) is 4.35. The van der Waals surface area contributed by atoms with Crippen LogP contribution in [0.3, 0.4) is 0 Å². The van der Waals surface area contributed by atoms with Crippen molar-refractivity contribution in [2.45, 2.75) is 32.1 Å². The lowest BCUT2D eigenvalue weighted by atomic mass is 10.0. The molecule has 0 aromatic carbocycles. The fraction of sp³-hybridized carbons (Fsp3) is 0.833. The summed E-state index contributed by atoms with van der Waals surface area (Å²) in [6.07, 6.45) is 8.30. The summed E-state index contributed by atoms with van der Waals surface area (Å²) in [6.45, 7) is 6.93. The number of hydrogen-bond acceptors (Lipinski definition) is 2. The molecule has 82 valence electrons. The molecule has 1 N–H and O–H groups in total. The van der Waals surface area contributed by atoms with Crippen LogP contribution in [0, 0.1) is 5.41 Å². The predicted molar refractivity (Wildman–Crippen MR) is 60.5 cm³/mol. The topological polar surface area (TPSA) is 21.3 Å². The van der Waals surface area contributed by atoms with E-state index in [0.717, 1.165) is 19.6 Å². The Morgan fingerprint density at radius 2 is 2.29 bits per heavy atom. The average Bonchev–Trinajstić information content (AvgIpc) is 2.96. The summed E-state index contributed by atoms with van der Waals surface area (Å²) in [5, 5.41) is 3.53. The van der Waals surface area contributed by atoms with E-state index in [9.17, 15) is 0 Å². The standard InChI is InChI=1S/C12H23NO/c1-3-4-5-9-13-11-12(6-7-12)8-10-14-2/h3,13H,1,4-11H2,2H3. The number of rotatable bonds is 9. The summed E-state index contributed by atoms with van der Waals surface area (Å²) >= 11 is 0. The lowest BCUT2D eigenvalue weighted by Crippen LogP contribution is -2.25. The van der Waals surface area contributed by atoms with Gasteiger partial charge in [-0.25, -0.2) is 0 Å². The molecule has 14 heavy (non-hydrogen) atoms. The molecule has 0 spiro atoms. The Morgan fingerprint density at radius 1 is 1.50 bits per heavy atom. The monoisotopic (exact) mass is 197 g/mol. The van der Waals surface area contributed by atoms with Crippen LogP contribution < -0.4 is 5.32 Å². The van der Waals surface area contributed by atoms with Gasteiger partial charge < -0.3 is 10.1 Å². The Labute approximate surface area is 87.7 Å². The molecule has 0 radical (unpaired) electrons. The van der Waals surface area contributed by atoms with Gasteiger partial charge in [0.15, 0.2) is 0 Å². The summed E-state index contributed by atoms with van der Waals surface area (Å²) in [4.78, 5) is 0. The molecule has 0 amide bonds. The minimum absolute atomic E-state index is 0.587. The van der Waals surface area contributed by atoms with E-state index >= 15 is 0 Å². The van der Waals surface area contributed by atoms with Gasteiger partial charge >= 0.3 is 0 Å².